The molecule has 1 atom stereocenters. The molecule has 1 aromatic rings. The Kier molecular flexibility index (Phi) is 7.36. The summed E-state index contributed by atoms with van der Waals surface area (Å²) in [5, 5.41) is 9.70. The van der Waals surface area contributed by atoms with Gasteiger partial charge in [0.05, 0.1) is 13.2 Å². The van der Waals surface area contributed by atoms with Crippen LogP contribution in [0.5, 0.6) is 0 Å². The molecule has 21 heavy (non-hydrogen) atoms. The smallest absolute Gasteiger partial charge is 0.315 e. The Balaban J connectivity index is 2.76. The lowest BCUT2D eigenvalue weighted by Gasteiger charge is -2.30. The molecule has 118 valence electrons. The van der Waals surface area contributed by atoms with E-state index >= 15 is 0 Å². The Morgan fingerprint density at radius 3 is 2.57 bits per heavy atom. The second-order valence-corrected chi connectivity index (χ2v) is 5.12. The quantitative estimate of drug-likeness (QED) is 0.642. The number of rotatable bonds is 10. The number of nitrogens with two attached hydrogens (primary N) is 1. The first-order valence-corrected chi connectivity index (χ1v) is 7.14. The Morgan fingerprint density at radius 1 is 1.29 bits per heavy atom. The monoisotopic (exact) mass is 295 g/mol. The molecule has 0 amide bonds. The van der Waals surface area contributed by atoms with Gasteiger partial charge in [-0.1, -0.05) is 24.3 Å². The molecule has 0 aliphatic heterocycles. The highest BCUT2D eigenvalue weighted by atomic mass is 16.5. The lowest BCUT2D eigenvalue weighted by molar-refractivity contribution is -0.144. The number of ether oxygens (including phenoxy) is 2. The average Bonchev–Trinajstić information content (AvgIpc) is 2.48. The molecule has 5 nitrogen and oxygen atoms in total. The Labute approximate surface area is 126 Å². The van der Waals surface area contributed by atoms with E-state index in [0.717, 1.165) is 11.1 Å². The van der Waals surface area contributed by atoms with Gasteiger partial charge in [-0.25, -0.2) is 0 Å². The third kappa shape index (κ3) is 4.52. The molecule has 0 aliphatic carbocycles. The highest BCUT2D eigenvalue weighted by molar-refractivity contribution is 5.82. The molecule has 0 saturated heterocycles. The number of hydrogen-bond acceptors (Lipinski definition) is 4. The van der Waals surface area contributed by atoms with E-state index in [9.17, 15) is 9.90 Å². The molecule has 0 aromatic heterocycles. The van der Waals surface area contributed by atoms with E-state index in [4.69, 9.17) is 15.2 Å². The zero-order valence-electron chi connectivity index (χ0n) is 12.8. The maximum absolute atomic E-state index is 11.8. The summed E-state index contributed by atoms with van der Waals surface area (Å²) in [4.78, 5) is 11.8. The van der Waals surface area contributed by atoms with Gasteiger partial charge >= 0.3 is 5.97 Å². The topological polar surface area (TPSA) is 81.8 Å². The maximum Gasteiger partial charge on any atom is 0.315 e. The Morgan fingerprint density at radius 2 is 2.00 bits per heavy atom. The molecule has 3 N–H and O–H groups in total. The van der Waals surface area contributed by atoms with Gasteiger partial charge in [0, 0.05) is 20.3 Å². The molecule has 5 heteroatoms. The molecule has 0 fully saturated rings. The minimum atomic E-state index is -1.05. The standard InChI is InChI=1S/C16H25NO4/c1-13-6-3-4-7-14(13)16(12-17,15(18)19)8-5-9-21-11-10-20-2/h3-4,6-7H,5,8-12,17H2,1-2H3,(H,18,19). The lowest BCUT2D eigenvalue weighted by atomic mass is 9.75. The first-order valence-electron chi connectivity index (χ1n) is 7.14. The zero-order chi connectivity index (χ0) is 15.7. The van der Waals surface area contributed by atoms with Gasteiger partial charge in [-0.3, -0.25) is 4.79 Å². The van der Waals surface area contributed by atoms with Gasteiger partial charge in [0.1, 0.15) is 5.41 Å². The van der Waals surface area contributed by atoms with Gasteiger partial charge in [0.15, 0.2) is 0 Å². The van der Waals surface area contributed by atoms with E-state index in [2.05, 4.69) is 0 Å². The summed E-state index contributed by atoms with van der Waals surface area (Å²) < 4.78 is 10.3. The van der Waals surface area contributed by atoms with Gasteiger partial charge in [0.25, 0.3) is 0 Å². The van der Waals surface area contributed by atoms with Crippen molar-refractivity contribution in [2.45, 2.75) is 25.2 Å². The molecule has 0 bridgehead atoms. The fourth-order valence-corrected chi connectivity index (χ4v) is 2.49. The third-order valence-corrected chi connectivity index (χ3v) is 3.74. The molecule has 1 unspecified atom stereocenters. The highest BCUT2D eigenvalue weighted by Crippen LogP contribution is 2.31. The van der Waals surface area contributed by atoms with Crippen LogP contribution in [0.1, 0.15) is 24.0 Å². The second kappa shape index (κ2) is 8.77. The van der Waals surface area contributed by atoms with Gasteiger partial charge in [-0.05, 0) is 30.9 Å². The first kappa shape index (κ1) is 17.6. The van der Waals surface area contributed by atoms with Crippen LogP contribution in [0.3, 0.4) is 0 Å². The van der Waals surface area contributed by atoms with Crippen LogP contribution in [-0.4, -0.2) is 44.6 Å². The van der Waals surface area contributed by atoms with Crippen LogP contribution in [0, 0.1) is 6.92 Å². The largest absolute Gasteiger partial charge is 0.481 e. The first-order chi connectivity index (χ1) is 10.1. The van der Waals surface area contributed by atoms with E-state index in [1.807, 2.05) is 31.2 Å². The summed E-state index contributed by atoms with van der Waals surface area (Å²) in [5.41, 5.74) is 6.52. The van der Waals surface area contributed by atoms with Crippen molar-refractivity contribution in [3.05, 3.63) is 35.4 Å². The minimum absolute atomic E-state index is 0.0747. The predicted octanol–water partition coefficient (Wildman–Crippen LogP) is 1.72. The average molecular weight is 295 g/mol. The molecular formula is C16H25NO4. The van der Waals surface area contributed by atoms with E-state index < -0.39 is 11.4 Å². The van der Waals surface area contributed by atoms with Crippen molar-refractivity contribution >= 4 is 5.97 Å². The number of aliphatic carboxylic acids is 1. The maximum atomic E-state index is 11.8. The van der Waals surface area contributed by atoms with Crippen LogP contribution in [0.2, 0.25) is 0 Å². The number of carboxylic acids is 1. The van der Waals surface area contributed by atoms with Gasteiger partial charge in [-0.15, -0.1) is 0 Å². The fraction of sp³-hybridized carbons (Fsp3) is 0.562. The highest BCUT2D eigenvalue weighted by Gasteiger charge is 2.39. The fourth-order valence-electron chi connectivity index (χ4n) is 2.49. The van der Waals surface area contributed by atoms with Gasteiger partial charge in [-0.2, -0.15) is 0 Å². The number of carboxylic acid groups (broad SMARTS) is 1. The summed E-state index contributed by atoms with van der Waals surface area (Å²) in [6, 6.07) is 7.51. The number of carbonyl (C=O) groups is 1. The van der Waals surface area contributed by atoms with Crippen molar-refractivity contribution in [1.82, 2.24) is 0 Å². The lowest BCUT2D eigenvalue weighted by Crippen LogP contribution is -2.43. The summed E-state index contributed by atoms with van der Waals surface area (Å²) in [6.45, 7) is 3.55. The van der Waals surface area contributed by atoms with E-state index in [1.165, 1.54) is 0 Å². The molecule has 0 radical (unpaired) electrons. The SMILES string of the molecule is COCCOCCCC(CN)(C(=O)O)c1ccccc1C. The molecule has 1 rings (SSSR count). The molecule has 0 saturated carbocycles. The summed E-state index contributed by atoms with van der Waals surface area (Å²) in [7, 11) is 1.62. The van der Waals surface area contributed by atoms with E-state index in [-0.39, 0.29) is 6.54 Å². The van der Waals surface area contributed by atoms with Crippen molar-refractivity contribution in [3.63, 3.8) is 0 Å². The number of aryl methyl sites for hydroxylation is 1. The van der Waals surface area contributed by atoms with Crippen LogP contribution < -0.4 is 5.73 Å². The van der Waals surface area contributed by atoms with Crippen molar-refractivity contribution in [1.29, 1.82) is 0 Å². The third-order valence-electron chi connectivity index (χ3n) is 3.74. The summed E-state index contributed by atoms with van der Waals surface area (Å²) in [6.07, 6.45) is 1.10. The zero-order valence-corrected chi connectivity index (χ0v) is 12.8. The summed E-state index contributed by atoms with van der Waals surface area (Å²) in [5.74, 6) is -0.879. The van der Waals surface area contributed by atoms with E-state index in [0.29, 0.717) is 32.7 Å². The van der Waals surface area contributed by atoms with Crippen LogP contribution in [-0.2, 0) is 19.7 Å². The van der Waals surface area contributed by atoms with Crippen LogP contribution in [0.15, 0.2) is 24.3 Å². The second-order valence-electron chi connectivity index (χ2n) is 5.12. The van der Waals surface area contributed by atoms with Crippen LogP contribution in [0.4, 0.5) is 0 Å². The molecule has 0 heterocycles. The van der Waals surface area contributed by atoms with Crippen LogP contribution >= 0.6 is 0 Å². The van der Waals surface area contributed by atoms with Gasteiger partial charge < -0.3 is 20.3 Å². The van der Waals surface area contributed by atoms with Gasteiger partial charge in [0.2, 0.25) is 0 Å². The van der Waals surface area contributed by atoms with E-state index in [1.54, 1.807) is 7.11 Å². The number of benzene rings is 1. The van der Waals surface area contributed by atoms with Crippen molar-refractivity contribution in [2.75, 3.05) is 33.5 Å². The van der Waals surface area contributed by atoms with Crippen molar-refractivity contribution < 1.29 is 19.4 Å². The Bertz CT molecular complexity index is 450. The normalized spacial score (nSPS) is 13.9. The Hall–Kier alpha value is -1.43. The predicted molar refractivity (Wildman–Crippen MR) is 81.5 cm³/mol. The van der Waals surface area contributed by atoms with Crippen molar-refractivity contribution in [3.8, 4) is 0 Å². The minimum Gasteiger partial charge on any atom is -0.481 e. The number of methoxy groups -OCH3 is 1. The molecule has 0 spiro atoms. The summed E-state index contributed by atoms with van der Waals surface area (Å²) >= 11 is 0. The molecule has 0 aliphatic rings. The number of hydrogen-bond donors (Lipinski definition) is 2. The van der Waals surface area contributed by atoms with Crippen LogP contribution in [0.25, 0.3) is 0 Å². The molecular weight excluding hydrogens is 270 g/mol. The van der Waals surface area contributed by atoms with Crippen molar-refractivity contribution in [2.24, 2.45) is 5.73 Å². The molecule has 1 aromatic carbocycles.